The van der Waals surface area contributed by atoms with Gasteiger partial charge in [0.15, 0.2) is 0 Å². The van der Waals surface area contributed by atoms with Crippen molar-refractivity contribution >= 4 is 23.2 Å². The highest BCUT2D eigenvalue weighted by atomic mass is 15.5. The molecule has 160 valence electrons. The second kappa shape index (κ2) is 11.8. The van der Waals surface area contributed by atoms with Crippen LogP contribution in [-0.4, -0.2) is 6.21 Å². The fourth-order valence-electron chi connectivity index (χ4n) is 3.45. The molecule has 0 aliphatic heterocycles. The third kappa shape index (κ3) is 6.28. The highest BCUT2D eigenvalue weighted by molar-refractivity contribution is 5.81. The first-order valence-corrected chi connectivity index (χ1v) is 11.0. The van der Waals surface area contributed by atoms with Gasteiger partial charge in [-0.3, -0.25) is 0 Å². The number of anilines is 2. The molecule has 0 atom stereocenters. The molecule has 0 N–H and O–H groups in total. The SMILES string of the molecule is C(C=CC=C(c1ccccc1)c1ccccc1)=CC=NN(c1ccccc1)c1ccccc1. The fourth-order valence-corrected chi connectivity index (χ4v) is 3.45. The minimum absolute atomic E-state index is 1.02. The van der Waals surface area contributed by atoms with Crippen LogP contribution in [0.3, 0.4) is 0 Å². The Kier molecular flexibility index (Phi) is 7.81. The molecule has 0 unspecified atom stereocenters. The summed E-state index contributed by atoms with van der Waals surface area (Å²) >= 11 is 0. The molecule has 0 aromatic heterocycles. The van der Waals surface area contributed by atoms with Crippen molar-refractivity contribution in [3.05, 3.63) is 163 Å². The summed E-state index contributed by atoms with van der Waals surface area (Å²) in [6.45, 7) is 0. The molecule has 4 aromatic carbocycles. The quantitative estimate of drug-likeness (QED) is 0.158. The van der Waals surface area contributed by atoms with Crippen LogP contribution >= 0.6 is 0 Å². The molecule has 0 saturated carbocycles. The van der Waals surface area contributed by atoms with Crippen molar-refractivity contribution in [2.24, 2.45) is 5.10 Å². The van der Waals surface area contributed by atoms with Crippen molar-refractivity contribution in [2.45, 2.75) is 0 Å². The van der Waals surface area contributed by atoms with Crippen LogP contribution in [0.2, 0.25) is 0 Å². The number of para-hydroxylation sites is 2. The van der Waals surface area contributed by atoms with E-state index in [-0.39, 0.29) is 0 Å². The van der Waals surface area contributed by atoms with Gasteiger partial charge in [-0.2, -0.15) is 5.10 Å². The average Bonchev–Trinajstić information content (AvgIpc) is 2.90. The van der Waals surface area contributed by atoms with Gasteiger partial charge >= 0.3 is 0 Å². The molecule has 0 fully saturated rings. The first kappa shape index (κ1) is 21.8. The Balaban J connectivity index is 1.49. The van der Waals surface area contributed by atoms with E-state index in [9.17, 15) is 0 Å². The molecule has 0 radical (unpaired) electrons. The zero-order valence-electron chi connectivity index (χ0n) is 18.4. The van der Waals surface area contributed by atoms with Crippen molar-refractivity contribution in [3.8, 4) is 0 Å². The van der Waals surface area contributed by atoms with Gasteiger partial charge in [-0.05, 0) is 47.0 Å². The highest BCUT2D eigenvalue weighted by Crippen LogP contribution is 2.25. The molecule has 4 aromatic rings. The summed E-state index contributed by atoms with van der Waals surface area (Å²) in [5, 5.41) is 6.59. The van der Waals surface area contributed by atoms with Crippen LogP contribution in [0.4, 0.5) is 11.4 Å². The zero-order chi connectivity index (χ0) is 22.6. The van der Waals surface area contributed by atoms with E-state index in [4.69, 9.17) is 0 Å². The van der Waals surface area contributed by atoms with E-state index in [0.29, 0.717) is 0 Å². The van der Waals surface area contributed by atoms with Crippen LogP contribution in [0.1, 0.15) is 11.1 Å². The third-order valence-electron chi connectivity index (χ3n) is 5.04. The smallest absolute Gasteiger partial charge is 0.0652 e. The maximum Gasteiger partial charge on any atom is 0.0652 e. The van der Waals surface area contributed by atoms with Gasteiger partial charge in [0.2, 0.25) is 0 Å². The summed E-state index contributed by atoms with van der Waals surface area (Å²) in [5.74, 6) is 0. The predicted molar refractivity (Wildman–Crippen MR) is 142 cm³/mol. The Hall–Kier alpha value is -4.43. The van der Waals surface area contributed by atoms with Crippen molar-refractivity contribution in [2.75, 3.05) is 5.01 Å². The summed E-state index contributed by atoms with van der Waals surface area (Å²) in [4.78, 5) is 0. The Morgan fingerprint density at radius 1 is 0.485 bits per heavy atom. The van der Waals surface area contributed by atoms with E-state index in [1.165, 1.54) is 16.7 Å². The van der Waals surface area contributed by atoms with E-state index in [0.717, 1.165) is 11.4 Å². The molecule has 0 spiro atoms. The number of hydrogen-bond donors (Lipinski definition) is 0. The number of rotatable bonds is 8. The van der Waals surface area contributed by atoms with Gasteiger partial charge in [0, 0.05) is 6.21 Å². The number of nitrogens with zero attached hydrogens (tertiary/aromatic N) is 2. The predicted octanol–water partition coefficient (Wildman–Crippen LogP) is 8.05. The molecule has 0 bridgehead atoms. The molecular weight excluding hydrogens is 400 g/mol. The summed E-state index contributed by atoms with van der Waals surface area (Å²) in [6, 6.07) is 41.2. The second-order valence-corrected chi connectivity index (χ2v) is 7.33. The minimum Gasteiger partial charge on any atom is -0.234 e. The molecular formula is C31H26N2. The van der Waals surface area contributed by atoms with Crippen molar-refractivity contribution in [1.82, 2.24) is 0 Å². The maximum atomic E-state index is 4.66. The lowest BCUT2D eigenvalue weighted by atomic mass is 9.97. The van der Waals surface area contributed by atoms with Gasteiger partial charge in [-0.15, -0.1) is 0 Å². The van der Waals surface area contributed by atoms with E-state index < -0.39 is 0 Å². The summed E-state index contributed by atoms with van der Waals surface area (Å²) in [7, 11) is 0. The van der Waals surface area contributed by atoms with Gasteiger partial charge in [-0.1, -0.05) is 121 Å². The maximum absolute atomic E-state index is 4.66. The van der Waals surface area contributed by atoms with Crippen LogP contribution in [-0.2, 0) is 0 Å². The summed E-state index contributed by atoms with van der Waals surface area (Å²) < 4.78 is 0. The van der Waals surface area contributed by atoms with Crippen LogP contribution in [0, 0.1) is 0 Å². The summed E-state index contributed by atoms with van der Waals surface area (Å²) in [6.07, 6.45) is 12.0. The standard InChI is InChI=1S/C31H26N2/c1(15-25-31(27-17-7-3-8-18-27)28-19-9-4-10-20-28)2-16-26-32-33(29-21-11-5-12-22-29)30-23-13-6-14-24-30/h1-26H. The lowest BCUT2D eigenvalue weighted by Gasteiger charge is -2.18. The van der Waals surface area contributed by atoms with Gasteiger partial charge < -0.3 is 0 Å². The Bertz CT molecular complexity index is 1140. The van der Waals surface area contributed by atoms with Crippen LogP contribution in [0.15, 0.2) is 157 Å². The van der Waals surface area contributed by atoms with E-state index in [2.05, 4.69) is 65.8 Å². The van der Waals surface area contributed by atoms with E-state index >= 15 is 0 Å². The number of hydrazone groups is 1. The molecule has 33 heavy (non-hydrogen) atoms. The van der Waals surface area contributed by atoms with Crippen LogP contribution in [0.5, 0.6) is 0 Å². The second-order valence-electron chi connectivity index (χ2n) is 7.33. The largest absolute Gasteiger partial charge is 0.234 e. The molecule has 0 aliphatic carbocycles. The number of allylic oxidation sites excluding steroid dienone is 5. The first-order chi connectivity index (χ1) is 16.4. The van der Waals surface area contributed by atoms with Crippen molar-refractivity contribution < 1.29 is 0 Å². The molecule has 0 heterocycles. The molecule has 0 saturated heterocycles. The van der Waals surface area contributed by atoms with Gasteiger partial charge in [-0.25, -0.2) is 5.01 Å². The number of benzene rings is 4. The molecule has 2 heteroatoms. The molecule has 0 aliphatic rings. The van der Waals surface area contributed by atoms with Gasteiger partial charge in [0.25, 0.3) is 0 Å². The van der Waals surface area contributed by atoms with Gasteiger partial charge in [0.1, 0.15) is 0 Å². The summed E-state index contributed by atoms with van der Waals surface area (Å²) in [5.41, 5.74) is 5.61. The lowest BCUT2D eigenvalue weighted by molar-refractivity contribution is 1.09. The average molecular weight is 427 g/mol. The monoisotopic (exact) mass is 426 g/mol. The molecule has 4 rings (SSSR count). The zero-order valence-corrected chi connectivity index (χ0v) is 18.4. The Morgan fingerprint density at radius 3 is 1.39 bits per heavy atom. The fraction of sp³-hybridized carbons (Fsp3) is 0. The Labute approximate surface area is 196 Å². The highest BCUT2D eigenvalue weighted by Gasteiger charge is 2.05. The van der Waals surface area contributed by atoms with Crippen LogP contribution in [0.25, 0.3) is 5.57 Å². The normalized spacial score (nSPS) is 11.3. The number of hydrogen-bond acceptors (Lipinski definition) is 2. The molecule has 0 amide bonds. The third-order valence-corrected chi connectivity index (χ3v) is 5.04. The van der Waals surface area contributed by atoms with Gasteiger partial charge in [0.05, 0.1) is 11.4 Å². The minimum atomic E-state index is 1.02. The van der Waals surface area contributed by atoms with E-state index in [1.54, 1.807) is 0 Å². The van der Waals surface area contributed by atoms with Crippen molar-refractivity contribution in [3.63, 3.8) is 0 Å². The topological polar surface area (TPSA) is 15.6 Å². The van der Waals surface area contributed by atoms with Crippen LogP contribution < -0.4 is 5.01 Å². The molecule has 2 nitrogen and oxygen atoms in total. The lowest BCUT2D eigenvalue weighted by Crippen LogP contribution is -2.08. The Morgan fingerprint density at radius 2 is 0.909 bits per heavy atom. The first-order valence-electron chi connectivity index (χ1n) is 11.0. The van der Waals surface area contributed by atoms with E-state index in [1.807, 2.05) is 102 Å². The van der Waals surface area contributed by atoms with Crippen molar-refractivity contribution in [1.29, 1.82) is 0 Å².